The molecule has 4 heteroatoms. The molecule has 0 heterocycles. The van der Waals surface area contributed by atoms with Crippen LogP contribution in [0.3, 0.4) is 0 Å². The molecule has 0 fully saturated rings. The van der Waals surface area contributed by atoms with E-state index in [2.05, 4.69) is 26.8 Å². The summed E-state index contributed by atoms with van der Waals surface area (Å²) in [5, 5.41) is 1.04. The molecule has 1 rings (SSSR count). The van der Waals surface area contributed by atoms with Gasteiger partial charge in [-0.1, -0.05) is 12.1 Å². The number of benzene rings is 1. The summed E-state index contributed by atoms with van der Waals surface area (Å²) in [6, 6.07) is 4.12. The molecule has 0 N–H and O–H groups in total. The third kappa shape index (κ3) is 2.06. The minimum Gasteiger partial charge on any atom is -0.373 e. The third-order valence-electron chi connectivity index (χ3n) is 3.19. The Morgan fingerprint density at radius 1 is 0.812 bits per heavy atom. The molecule has 0 aliphatic heterocycles. The predicted molar refractivity (Wildman–Crippen MR) is 67.1 cm³/mol. The van der Waals surface area contributed by atoms with Gasteiger partial charge in [0.25, 0.3) is 0 Å². The van der Waals surface area contributed by atoms with E-state index in [4.69, 9.17) is 13.3 Å². The zero-order chi connectivity index (χ0) is 12.3. The van der Waals surface area contributed by atoms with Gasteiger partial charge in [0.05, 0.1) is 0 Å². The molecule has 3 nitrogen and oxygen atoms in total. The molecule has 0 saturated heterocycles. The van der Waals surface area contributed by atoms with Gasteiger partial charge in [0.1, 0.15) is 0 Å². The van der Waals surface area contributed by atoms with Gasteiger partial charge in [0.15, 0.2) is 0 Å². The molecule has 1 aromatic carbocycles. The minimum atomic E-state index is -2.69. The number of hydrogen-bond donors (Lipinski definition) is 0. The molecule has 16 heavy (non-hydrogen) atoms. The van der Waals surface area contributed by atoms with Crippen LogP contribution in [0.25, 0.3) is 0 Å². The second-order valence-electron chi connectivity index (χ2n) is 3.85. The van der Waals surface area contributed by atoms with Crippen LogP contribution in [0, 0.1) is 20.8 Å². The SMILES string of the molecule is CO[Si](OC)(OC)c1ccc(C)c(C)c1C. The van der Waals surface area contributed by atoms with E-state index in [1.54, 1.807) is 21.3 Å². The largest absolute Gasteiger partial charge is 0.536 e. The molecule has 0 aliphatic rings. The van der Waals surface area contributed by atoms with Crippen molar-refractivity contribution < 1.29 is 13.3 Å². The minimum absolute atomic E-state index is 1.04. The maximum Gasteiger partial charge on any atom is 0.536 e. The first-order valence-electron chi connectivity index (χ1n) is 5.25. The lowest BCUT2D eigenvalue weighted by Crippen LogP contribution is -2.55. The van der Waals surface area contributed by atoms with Crippen LogP contribution in [0.1, 0.15) is 16.7 Å². The van der Waals surface area contributed by atoms with E-state index in [1.165, 1.54) is 16.7 Å². The number of hydrogen-bond acceptors (Lipinski definition) is 3. The molecule has 0 spiro atoms. The van der Waals surface area contributed by atoms with Gasteiger partial charge in [0.2, 0.25) is 0 Å². The van der Waals surface area contributed by atoms with Crippen molar-refractivity contribution in [2.75, 3.05) is 21.3 Å². The van der Waals surface area contributed by atoms with E-state index >= 15 is 0 Å². The highest BCUT2D eigenvalue weighted by Gasteiger charge is 2.42. The maximum atomic E-state index is 5.49. The third-order valence-corrected chi connectivity index (χ3v) is 6.01. The normalized spacial score (nSPS) is 11.9. The van der Waals surface area contributed by atoms with Crippen molar-refractivity contribution in [1.82, 2.24) is 0 Å². The van der Waals surface area contributed by atoms with Gasteiger partial charge in [-0.15, -0.1) is 0 Å². The molecule has 0 radical (unpaired) electrons. The van der Waals surface area contributed by atoms with Crippen LogP contribution in [0.4, 0.5) is 0 Å². The van der Waals surface area contributed by atoms with E-state index in [9.17, 15) is 0 Å². The summed E-state index contributed by atoms with van der Waals surface area (Å²) in [5.74, 6) is 0. The van der Waals surface area contributed by atoms with Crippen molar-refractivity contribution in [3.8, 4) is 0 Å². The molecular formula is C12H20O3Si. The quantitative estimate of drug-likeness (QED) is 0.750. The summed E-state index contributed by atoms with van der Waals surface area (Å²) >= 11 is 0. The second kappa shape index (κ2) is 5.10. The number of aryl methyl sites for hydroxylation is 1. The Labute approximate surface area is 98.7 Å². The predicted octanol–water partition coefficient (Wildman–Crippen LogP) is 1.70. The zero-order valence-electron chi connectivity index (χ0n) is 10.9. The molecular weight excluding hydrogens is 220 g/mol. The fourth-order valence-electron chi connectivity index (χ4n) is 1.87. The molecule has 1 aromatic rings. The van der Waals surface area contributed by atoms with Crippen LogP contribution in [-0.4, -0.2) is 30.1 Å². The van der Waals surface area contributed by atoms with Crippen LogP contribution in [0.2, 0.25) is 0 Å². The van der Waals surface area contributed by atoms with E-state index < -0.39 is 8.80 Å². The molecule has 0 amide bonds. The van der Waals surface area contributed by atoms with Gasteiger partial charge < -0.3 is 13.3 Å². The Balaban J connectivity index is 3.36. The van der Waals surface area contributed by atoms with Crippen molar-refractivity contribution in [1.29, 1.82) is 0 Å². The van der Waals surface area contributed by atoms with Crippen molar-refractivity contribution in [2.24, 2.45) is 0 Å². The Morgan fingerprint density at radius 3 is 1.75 bits per heavy atom. The monoisotopic (exact) mass is 240 g/mol. The Kier molecular flexibility index (Phi) is 4.26. The average molecular weight is 240 g/mol. The second-order valence-corrected chi connectivity index (χ2v) is 6.72. The molecule has 0 bridgehead atoms. The zero-order valence-corrected chi connectivity index (χ0v) is 11.9. The van der Waals surface area contributed by atoms with Crippen molar-refractivity contribution in [2.45, 2.75) is 20.8 Å². The number of rotatable bonds is 4. The molecule has 0 aromatic heterocycles. The van der Waals surface area contributed by atoms with Crippen molar-refractivity contribution in [3.63, 3.8) is 0 Å². The first-order chi connectivity index (χ1) is 7.52. The van der Waals surface area contributed by atoms with E-state index in [1.807, 2.05) is 6.07 Å². The van der Waals surface area contributed by atoms with Crippen LogP contribution < -0.4 is 5.19 Å². The summed E-state index contributed by atoms with van der Waals surface area (Å²) in [7, 11) is 2.21. The van der Waals surface area contributed by atoms with E-state index in [0.29, 0.717) is 0 Å². The first kappa shape index (κ1) is 13.4. The smallest absolute Gasteiger partial charge is 0.373 e. The molecule has 0 unspecified atom stereocenters. The average Bonchev–Trinajstić information content (AvgIpc) is 2.31. The highest BCUT2D eigenvalue weighted by molar-refractivity contribution is 6.75. The Morgan fingerprint density at radius 2 is 1.31 bits per heavy atom. The fraction of sp³-hybridized carbons (Fsp3) is 0.500. The van der Waals surface area contributed by atoms with Crippen LogP contribution >= 0.6 is 0 Å². The summed E-state index contributed by atoms with van der Waals surface area (Å²) in [4.78, 5) is 0. The van der Waals surface area contributed by atoms with Crippen LogP contribution in [0.5, 0.6) is 0 Å². The fourth-order valence-corrected chi connectivity index (χ4v) is 3.96. The lowest BCUT2D eigenvalue weighted by molar-refractivity contribution is 0.140. The summed E-state index contributed by atoms with van der Waals surface area (Å²) in [5.41, 5.74) is 3.73. The first-order valence-corrected chi connectivity index (χ1v) is 6.97. The lowest BCUT2D eigenvalue weighted by atomic mass is 10.1. The summed E-state index contributed by atoms with van der Waals surface area (Å²) < 4.78 is 16.5. The van der Waals surface area contributed by atoms with Gasteiger partial charge in [0, 0.05) is 26.5 Å². The maximum absolute atomic E-state index is 5.49. The van der Waals surface area contributed by atoms with Crippen molar-refractivity contribution in [3.05, 3.63) is 28.8 Å². The molecule has 0 aliphatic carbocycles. The summed E-state index contributed by atoms with van der Waals surface area (Å²) in [6.07, 6.45) is 0. The van der Waals surface area contributed by atoms with Crippen LogP contribution in [-0.2, 0) is 13.3 Å². The van der Waals surface area contributed by atoms with Crippen LogP contribution in [0.15, 0.2) is 12.1 Å². The van der Waals surface area contributed by atoms with Gasteiger partial charge in [-0.2, -0.15) is 0 Å². The van der Waals surface area contributed by atoms with Gasteiger partial charge in [-0.25, -0.2) is 0 Å². The molecule has 0 atom stereocenters. The topological polar surface area (TPSA) is 27.7 Å². The highest BCUT2D eigenvalue weighted by atomic mass is 28.4. The van der Waals surface area contributed by atoms with E-state index in [0.717, 1.165) is 5.19 Å². The standard InChI is InChI=1S/C12H20O3Si/c1-9-7-8-12(11(3)10(9)2)16(13-4,14-5)15-6/h7-8H,1-6H3. The van der Waals surface area contributed by atoms with Crippen molar-refractivity contribution >= 4 is 14.0 Å². The van der Waals surface area contributed by atoms with Gasteiger partial charge in [-0.3, -0.25) is 0 Å². The van der Waals surface area contributed by atoms with E-state index in [-0.39, 0.29) is 0 Å². The Bertz CT molecular complexity index is 365. The lowest BCUT2D eigenvalue weighted by Gasteiger charge is -2.27. The highest BCUT2D eigenvalue weighted by Crippen LogP contribution is 2.15. The summed E-state index contributed by atoms with van der Waals surface area (Å²) in [6.45, 7) is 6.28. The molecule has 90 valence electrons. The molecule has 0 saturated carbocycles. The Hall–Kier alpha value is -0.683. The van der Waals surface area contributed by atoms with Gasteiger partial charge >= 0.3 is 8.80 Å². The van der Waals surface area contributed by atoms with Gasteiger partial charge in [-0.05, 0) is 37.5 Å².